The molecule has 2 fully saturated rings. The molecule has 0 spiro atoms. The van der Waals surface area contributed by atoms with Gasteiger partial charge in [0.25, 0.3) is 0 Å². The summed E-state index contributed by atoms with van der Waals surface area (Å²) in [6.07, 6.45) is 3.88. The van der Waals surface area contributed by atoms with Crippen LogP contribution >= 0.6 is 0 Å². The van der Waals surface area contributed by atoms with E-state index in [1.807, 2.05) is 0 Å². The molecule has 1 aromatic heterocycles. The predicted molar refractivity (Wildman–Crippen MR) is 123 cm³/mol. The van der Waals surface area contributed by atoms with Crippen LogP contribution < -0.4 is 5.32 Å². The third kappa shape index (κ3) is 6.66. The van der Waals surface area contributed by atoms with E-state index >= 15 is 0 Å². The zero-order chi connectivity index (χ0) is 22.2. The minimum absolute atomic E-state index is 0.285. The Labute approximate surface area is 186 Å². The van der Waals surface area contributed by atoms with Gasteiger partial charge >= 0.3 is 0 Å². The van der Waals surface area contributed by atoms with Crippen LogP contribution in [0.3, 0.4) is 0 Å². The highest BCUT2D eigenvalue weighted by molar-refractivity contribution is 5.80. The average Bonchev–Trinajstić information content (AvgIpc) is 3.20. The third-order valence-corrected chi connectivity index (χ3v) is 6.20. The van der Waals surface area contributed by atoms with Crippen LogP contribution in [0.15, 0.2) is 11.3 Å². The Morgan fingerprint density at radius 2 is 1.84 bits per heavy atom. The van der Waals surface area contributed by atoms with Gasteiger partial charge in [-0.1, -0.05) is 20.8 Å². The fraction of sp³-hybridized carbons (Fsp3) is 0.818. The summed E-state index contributed by atoms with van der Waals surface area (Å²) in [5.41, 5.74) is 0. The summed E-state index contributed by atoms with van der Waals surface area (Å²) < 4.78 is 2.07. The number of rotatable bonds is 7. The lowest BCUT2D eigenvalue weighted by Crippen LogP contribution is -2.55. The fourth-order valence-electron chi connectivity index (χ4n) is 4.70. The minimum atomic E-state index is 0.285. The first-order valence-electron chi connectivity index (χ1n) is 11.9. The molecule has 1 N–H and O–H groups in total. The molecule has 1 amide bonds. The van der Waals surface area contributed by atoms with Crippen LogP contribution in [0.1, 0.15) is 39.9 Å². The van der Waals surface area contributed by atoms with Crippen LogP contribution in [-0.2, 0) is 17.8 Å². The molecule has 0 bridgehead atoms. The standard InChI is InChI=1S/C22H40N8O/c1-5-20-26-25-17-29(20)8-7-24-22(23-6-2)28-11-9-27(10-12-28)16-21(31)30-14-18(3)13-19(4)15-30/h17-19H,5-16H2,1-4H3,(H,23,24). The molecule has 3 rings (SSSR count). The molecule has 31 heavy (non-hydrogen) atoms. The lowest BCUT2D eigenvalue weighted by Gasteiger charge is -2.39. The van der Waals surface area contributed by atoms with E-state index in [0.717, 1.165) is 70.6 Å². The van der Waals surface area contributed by atoms with Gasteiger partial charge in [0.1, 0.15) is 12.2 Å². The maximum atomic E-state index is 12.8. The summed E-state index contributed by atoms with van der Waals surface area (Å²) in [4.78, 5) is 24.3. The molecule has 3 heterocycles. The van der Waals surface area contributed by atoms with Crippen molar-refractivity contribution < 1.29 is 4.79 Å². The third-order valence-electron chi connectivity index (χ3n) is 6.20. The zero-order valence-corrected chi connectivity index (χ0v) is 19.8. The van der Waals surface area contributed by atoms with Crippen molar-refractivity contribution in [2.75, 3.05) is 58.9 Å². The van der Waals surface area contributed by atoms with Gasteiger partial charge in [-0.05, 0) is 25.2 Å². The van der Waals surface area contributed by atoms with Crippen molar-refractivity contribution in [1.29, 1.82) is 0 Å². The quantitative estimate of drug-likeness (QED) is 0.510. The highest BCUT2D eigenvalue weighted by Gasteiger charge is 2.28. The number of hydrogen-bond donors (Lipinski definition) is 1. The van der Waals surface area contributed by atoms with Gasteiger partial charge in [0.2, 0.25) is 5.91 Å². The molecule has 174 valence electrons. The van der Waals surface area contributed by atoms with E-state index in [1.54, 1.807) is 6.33 Å². The number of aliphatic imine (C=N–C) groups is 1. The molecule has 2 aliphatic rings. The van der Waals surface area contributed by atoms with Crippen LogP contribution in [0, 0.1) is 11.8 Å². The summed E-state index contributed by atoms with van der Waals surface area (Å²) in [6.45, 7) is 16.9. The number of aromatic nitrogens is 3. The van der Waals surface area contributed by atoms with E-state index in [0.29, 0.717) is 24.9 Å². The number of carbonyl (C=O) groups is 1. The van der Waals surface area contributed by atoms with Gasteiger partial charge in [-0.2, -0.15) is 0 Å². The smallest absolute Gasteiger partial charge is 0.236 e. The van der Waals surface area contributed by atoms with Crippen molar-refractivity contribution in [2.45, 2.75) is 47.1 Å². The molecule has 0 saturated carbocycles. The number of likely N-dealkylation sites (tertiary alicyclic amines) is 1. The first-order chi connectivity index (χ1) is 15.0. The summed E-state index contributed by atoms with van der Waals surface area (Å²) in [6, 6.07) is 0. The molecule has 2 aliphatic heterocycles. The number of carbonyl (C=O) groups excluding carboxylic acids is 1. The van der Waals surface area contributed by atoms with Gasteiger partial charge in [0.15, 0.2) is 5.96 Å². The van der Waals surface area contributed by atoms with Gasteiger partial charge in [0.05, 0.1) is 13.1 Å². The molecule has 0 aliphatic carbocycles. The van der Waals surface area contributed by atoms with Crippen LogP contribution in [0.4, 0.5) is 0 Å². The summed E-state index contributed by atoms with van der Waals surface area (Å²) in [5.74, 6) is 3.45. The van der Waals surface area contributed by atoms with Crippen molar-refractivity contribution in [2.24, 2.45) is 16.8 Å². The number of nitrogens with zero attached hydrogens (tertiary/aromatic N) is 7. The topological polar surface area (TPSA) is 81.9 Å². The average molecular weight is 433 g/mol. The molecule has 2 saturated heterocycles. The Kier molecular flexibility index (Phi) is 8.69. The molecular weight excluding hydrogens is 392 g/mol. The van der Waals surface area contributed by atoms with E-state index in [2.05, 4.69) is 62.5 Å². The van der Waals surface area contributed by atoms with E-state index < -0.39 is 0 Å². The van der Waals surface area contributed by atoms with Crippen LogP contribution in [-0.4, -0.2) is 100 Å². The summed E-state index contributed by atoms with van der Waals surface area (Å²) in [7, 11) is 0. The number of amides is 1. The SMILES string of the molecule is CCNC(=NCCn1cnnc1CC)N1CCN(CC(=O)N2CC(C)CC(C)C2)CC1. The molecule has 9 heteroatoms. The Morgan fingerprint density at radius 1 is 1.13 bits per heavy atom. The molecule has 0 radical (unpaired) electrons. The summed E-state index contributed by atoms with van der Waals surface area (Å²) >= 11 is 0. The fourth-order valence-corrected chi connectivity index (χ4v) is 4.70. The lowest BCUT2D eigenvalue weighted by molar-refractivity contribution is -0.135. The van der Waals surface area contributed by atoms with Gasteiger partial charge in [-0.3, -0.25) is 14.7 Å². The second kappa shape index (κ2) is 11.5. The largest absolute Gasteiger partial charge is 0.357 e. The highest BCUT2D eigenvalue weighted by atomic mass is 16.2. The molecule has 0 aromatic carbocycles. The predicted octanol–water partition coefficient (Wildman–Crippen LogP) is 0.928. The van der Waals surface area contributed by atoms with E-state index in [9.17, 15) is 4.79 Å². The Balaban J connectivity index is 1.47. The number of piperazine rings is 1. The molecule has 1 aromatic rings. The van der Waals surface area contributed by atoms with Gasteiger partial charge in [0, 0.05) is 58.8 Å². The number of aryl methyl sites for hydroxylation is 1. The van der Waals surface area contributed by atoms with E-state index in [-0.39, 0.29) is 5.91 Å². The Bertz CT molecular complexity index is 715. The van der Waals surface area contributed by atoms with Crippen LogP contribution in [0.25, 0.3) is 0 Å². The Hall–Kier alpha value is -2.16. The molecule has 2 unspecified atom stereocenters. The van der Waals surface area contributed by atoms with Crippen molar-refractivity contribution in [3.05, 3.63) is 12.2 Å². The normalized spacial score (nSPS) is 23.3. The number of hydrogen-bond acceptors (Lipinski definition) is 5. The second-order valence-electron chi connectivity index (χ2n) is 9.04. The minimum Gasteiger partial charge on any atom is -0.357 e. The molecule has 2 atom stereocenters. The zero-order valence-electron chi connectivity index (χ0n) is 19.8. The van der Waals surface area contributed by atoms with Gasteiger partial charge in [-0.15, -0.1) is 10.2 Å². The van der Waals surface area contributed by atoms with Crippen molar-refractivity contribution in [3.63, 3.8) is 0 Å². The molecule has 9 nitrogen and oxygen atoms in total. The number of piperidine rings is 1. The van der Waals surface area contributed by atoms with E-state index in [4.69, 9.17) is 4.99 Å². The van der Waals surface area contributed by atoms with Crippen LogP contribution in [0.2, 0.25) is 0 Å². The monoisotopic (exact) mass is 432 g/mol. The van der Waals surface area contributed by atoms with Crippen molar-refractivity contribution in [3.8, 4) is 0 Å². The van der Waals surface area contributed by atoms with Crippen molar-refractivity contribution >= 4 is 11.9 Å². The maximum Gasteiger partial charge on any atom is 0.236 e. The Morgan fingerprint density at radius 3 is 2.48 bits per heavy atom. The summed E-state index contributed by atoms with van der Waals surface area (Å²) in [5, 5.41) is 11.5. The molecular formula is C22H40N8O. The first kappa shape index (κ1) is 23.5. The second-order valence-corrected chi connectivity index (χ2v) is 9.04. The van der Waals surface area contributed by atoms with Crippen LogP contribution in [0.5, 0.6) is 0 Å². The first-order valence-corrected chi connectivity index (χ1v) is 11.9. The van der Waals surface area contributed by atoms with Crippen molar-refractivity contribution in [1.82, 2.24) is 34.8 Å². The number of nitrogens with one attached hydrogen (secondary N) is 1. The van der Waals surface area contributed by atoms with E-state index in [1.165, 1.54) is 6.42 Å². The number of guanidine groups is 1. The maximum absolute atomic E-state index is 12.8. The lowest BCUT2D eigenvalue weighted by atomic mass is 9.92. The highest BCUT2D eigenvalue weighted by Crippen LogP contribution is 2.21. The van der Waals surface area contributed by atoms with Gasteiger partial charge in [-0.25, -0.2) is 0 Å². The van der Waals surface area contributed by atoms with Gasteiger partial charge < -0.3 is 19.7 Å².